The maximum Gasteiger partial charge on any atom is 0.268 e. The summed E-state index contributed by atoms with van der Waals surface area (Å²) >= 11 is 6.60. The first kappa shape index (κ1) is 12.4. The van der Waals surface area contributed by atoms with Gasteiger partial charge in [0.2, 0.25) is 0 Å². The van der Waals surface area contributed by atoms with Crippen LogP contribution in [0.15, 0.2) is 35.0 Å². The Labute approximate surface area is 111 Å². The molecule has 0 radical (unpaired) electrons. The van der Waals surface area contributed by atoms with Crippen LogP contribution in [0.1, 0.15) is 13.8 Å². The van der Waals surface area contributed by atoms with Crippen LogP contribution in [0.3, 0.4) is 0 Å². The first-order chi connectivity index (χ1) is 8.19. The molecule has 0 aromatic carbocycles. The Morgan fingerprint density at radius 1 is 1.29 bits per heavy atom. The molecule has 2 aliphatic heterocycles. The maximum atomic E-state index is 12.2. The van der Waals surface area contributed by atoms with Gasteiger partial charge in [0.1, 0.15) is 9.23 Å². The lowest BCUT2D eigenvalue weighted by Gasteiger charge is -2.22. The van der Waals surface area contributed by atoms with Crippen LogP contribution in [0.4, 0.5) is 0 Å². The second-order valence-corrected chi connectivity index (χ2v) is 5.26. The molecular formula is C12H14N2OS2. The molecule has 17 heavy (non-hydrogen) atoms. The Morgan fingerprint density at radius 2 is 2.06 bits per heavy atom. The number of allylic oxidation sites excluding steroid dienone is 3. The number of nitrogens with zero attached hydrogens (tertiary/aromatic N) is 2. The fourth-order valence-corrected chi connectivity index (χ4v) is 3.23. The predicted molar refractivity (Wildman–Crippen MR) is 75.3 cm³/mol. The summed E-state index contributed by atoms with van der Waals surface area (Å²) in [4.78, 5) is 16.6. The second-order valence-electron chi connectivity index (χ2n) is 3.62. The number of amides is 1. The zero-order valence-corrected chi connectivity index (χ0v) is 11.5. The van der Waals surface area contributed by atoms with Gasteiger partial charge in [0.15, 0.2) is 0 Å². The highest BCUT2D eigenvalue weighted by atomic mass is 32.2. The molecule has 5 heteroatoms. The van der Waals surface area contributed by atoms with Crippen LogP contribution in [-0.2, 0) is 4.79 Å². The molecule has 2 heterocycles. The Kier molecular flexibility index (Phi) is 3.69. The van der Waals surface area contributed by atoms with E-state index in [1.165, 1.54) is 11.8 Å². The number of hydrogen-bond acceptors (Lipinski definition) is 4. The van der Waals surface area contributed by atoms with E-state index in [0.29, 0.717) is 10.9 Å². The number of thioether (sulfide) groups is 1. The fourth-order valence-electron chi connectivity index (χ4n) is 1.78. The summed E-state index contributed by atoms with van der Waals surface area (Å²) in [5.74, 6) is 0.0240. The minimum absolute atomic E-state index is 0.0240. The molecule has 1 amide bonds. The van der Waals surface area contributed by atoms with E-state index in [0.717, 1.165) is 17.1 Å². The largest absolute Gasteiger partial charge is 0.347 e. The average molecular weight is 266 g/mol. The van der Waals surface area contributed by atoms with Crippen molar-refractivity contribution in [3.63, 3.8) is 0 Å². The highest BCUT2D eigenvalue weighted by molar-refractivity contribution is 8.26. The van der Waals surface area contributed by atoms with E-state index in [2.05, 4.69) is 11.8 Å². The third-order valence-corrected chi connectivity index (χ3v) is 4.13. The van der Waals surface area contributed by atoms with Gasteiger partial charge < -0.3 is 4.90 Å². The Balaban J connectivity index is 2.39. The molecular weight excluding hydrogens is 252 g/mol. The van der Waals surface area contributed by atoms with Gasteiger partial charge in [-0.05, 0) is 26.0 Å². The summed E-state index contributed by atoms with van der Waals surface area (Å²) in [5, 5.41) is 0. The van der Waals surface area contributed by atoms with E-state index in [1.54, 1.807) is 4.90 Å². The van der Waals surface area contributed by atoms with Crippen molar-refractivity contribution in [2.24, 2.45) is 0 Å². The number of carbonyl (C=O) groups is 1. The molecule has 0 aliphatic carbocycles. The number of thiocarbonyl (C=S) groups is 1. The molecule has 0 spiro atoms. The SMILES string of the molecule is CCN1C(=O)/C(=C2/C=CC=CN2CC)SC1=S. The van der Waals surface area contributed by atoms with Gasteiger partial charge in [0, 0.05) is 19.3 Å². The molecule has 0 unspecified atom stereocenters. The van der Waals surface area contributed by atoms with Crippen LogP contribution in [-0.4, -0.2) is 33.1 Å². The quantitative estimate of drug-likeness (QED) is 0.566. The first-order valence-electron chi connectivity index (χ1n) is 5.58. The number of rotatable bonds is 2. The highest BCUT2D eigenvalue weighted by Crippen LogP contribution is 2.35. The predicted octanol–water partition coefficient (Wildman–Crippen LogP) is 2.48. The third kappa shape index (κ3) is 2.17. The number of likely N-dealkylation sites (N-methyl/N-ethyl adjacent to an activating group) is 2. The van der Waals surface area contributed by atoms with Crippen LogP contribution in [0, 0.1) is 0 Å². The summed E-state index contributed by atoms with van der Waals surface area (Å²) in [5.41, 5.74) is 0.948. The molecule has 1 saturated heterocycles. The van der Waals surface area contributed by atoms with E-state index in [9.17, 15) is 4.79 Å². The Bertz CT molecular complexity index is 451. The van der Waals surface area contributed by atoms with Gasteiger partial charge in [-0.2, -0.15) is 0 Å². The van der Waals surface area contributed by atoms with Gasteiger partial charge >= 0.3 is 0 Å². The number of carbonyl (C=O) groups excluding carboxylic acids is 1. The van der Waals surface area contributed by atoms with Crippen molar-refractivity contribution < 1.29 is 4.79 Å². The lowest BCUT2D eigenvalue weighted by molar-refractivity contribution is -0.122. The normalized spacial score (nSPS) is 24.1. The van der Waals surface area contributed by atoms with E-state index in [4.69, 9.17) is 12.2 Å². The van der Waals surface area contributed by atoms with Gasteiger partial charge in [0.05, 0.1) is 5.70 Å². The summed E-state index contributed by atoms with van der Waals surface area (Å²) in [6.45, 7) is 5.47. The smallest absolute Gasteiger partial charge is 0.268 e. The lowest BCUT2D eigenvalue weighted by atomic mass is 10.2. The molecule has 0 saturated carbocycles. The van der Waals surface area contributed by atoms with Crippen LogP contribution < -0.4 is 0 Å². The van der Waals surface area contributed by atoms with Crippen LogP contribution in [0.5, 0.6) is 0 Å². The minimum Gasteiger partial charge on any atom is -0.347 e. The molecule has 2 rings (SSSR count). The monoisotopic (exact) mass is 266 g/mol. The van der Waals surface area contributed by atoms with Crippen molar-refractivity contribution in [2.75, 3.05) is 13.1 Å². The van der Waals surface area contributed by atoms with Crippen molar-refractivity contribution >= 4 is 34.2 Å². The summed E-state index contributed by atoms with van der Waals surface area (Å²) in [6, 6.07) is 0. The Morgan fingerprint density at radius 3 is 2.65 bits per heavy atom. The van der Waals surface area contributed by atoms with Crippen LogP contribution in [0.25, 0.3) is 0 Å². The first-order valence-corrected chi connectivity index (χ1v) is 6.81. The van der Waals surface area contributed by atoms with Crippen molar-refractivity contribution in [2.45, 2.75) is 13.8 Å². The molecule has 90 valence electrons. The molecule has 3 nitrogen and oxygen atoms in total. The van der Waals surface area contributed by atoms with Crippen LogP contribution >= 0.6 is 24.0 Å². The van der Waals surface area contributed by atoms with Crippen molar-refractivity contribution in [1.82, 2.24) is 9.80 Å². The average Bonchev–Trinajstić information content (AvgIpc) is 2.64. The highest BCUT2D eigenvalue weighted by Gasteiger charge is 2.33. The lowest BCUT2D eigenvalue weighted by Crippen LogP contribution is -2.28. The summed E-state index contributed by atoms with van der Waals surface area (Å²) in [6.07, 6.45) is 7.85. The molecule has 0 aromatic heterocycles. The van der Waals surface area contributed by atoms with Crippen molar-refractivity contribution in [1.29, 1.82) is 0 Å². The second kappa shape index (κ2) is 5.06. The van der Waals surface area contributed by atoms with E-state index < -0.39 is 0 Å². The molecule has 0 aromatic rings. The zero-order chi connectivity index (χ0) is 12.4. The maximum absolute atomic E-state index is 12.2. The number of hydrogen-bond donors (Lipinski definition) is 0. The molecule has 0 bridgehead atoms. The van der Waals surface area contributed by atoms with Gasteiger partial charge in [-0.25, -0.2) is 0 Å². The summed E-state index contributed by atoms with van der Waals surface area (Å²) in [7, 11) is 0. The van der Waals surface area contributed by atoms with Gasteiger partial charge in [0.25, 0.3) is 5.91 Å². The standard InChI is InChI=1S/C12H14N2OS2/c1-3-13-8-6-5-7-9(13)10-11(15)14(4-2)12(16)17-10/h5-8H,3-4H2,1-2H3/b10-9+. The molecule has 0 N–H and O–H groups in total. The van der Waals surface area contributed by atoms with E-state index >= 15 is 0 Å². The van der Waals surface area contributed by atoms with E-state index in [1.807, 2.05) is 31.4 Å². The molecule has 2 aliphatic rings. The van der Waals surface area contributed by atoms with Crippen LogP contribution in [0.2, 0.25) is 0 Å². The zero-order valence-electron chi connectivity index (χ0n) is 9.84. The molecule has 0 atom stereocenters. The third-order valence-electron chi connectivity index (χ3n) is 2.68. The van der Waals surface area contributed by atoms with Gasteiger partial charge in [-0.1, -0.05) is 30.1 Å². The fraction of sp³-hybridized carbons (Fsp3) is 0.333. The van der Waals surface area contributed by atoms with Gasteiger partial charge in [-0.15, -0.1) is 0 Å². The van der Waals surface area contributed by atoms with Gasteiger partial charge in [-0.3, -0.25) is 9.69 Å². The topological polar surface area (TPSA) is 23.6 Å². The summed E-state index contributed by atoms with van der Waals surface area (Å²) < 4.78 is 0.652. The van der Waals surface area contributed by atoms with E-state index in [-0.39, 0.29) is 5.91 Å². The van der Waals surface area contributed by atoms with Crippen molar-refractivity contribution in [3.05, 3.63) is 35.0 Å². The van der Waals surface area contributed by atoms with Crippen molar-refractivity contribution in [3.8, 4) is 0 Å². The molecule has 1 fully saturated rings. The Hall–Kier alpha value is -1.07. The minimum atomic E-state index is 0.0240.